The van der Waals surface area contributed by atoms with E-state index in [0.717, 1.165) is 10.5 Å². The van der Waals surface area contributed by atoms with Crippen molar-refractivity contribution >= 4 is 39.1 Å². The summed E-state index contributed by atoms with van der Waals surface area (Å²) in [6.07, 6.45) is 0.374. The highest BCUT2D eigenvalue weighted by Gasteiger charge is 2.09. The van der Waals surface area contributed by atoms with Gasteiger partial charge in [-0.15, -0.1) is 11.3 Å². The third kappa shape index (κ3) is 4.65. The van der Waals surface area contributed by atoms with Gasteiger partial charge in [-0.2, -0.15) is 0 Å². The van der Waals surface area contributed by atoms with Crippen molar-refractivity contribution in [3.63, 3.8) is 0 Å². The third-order valence-electron chi connectivity index (χ3n) is 3.92. The van der Waals surface area contributed by atoms with E-state index >= 15 is 0 Å². The average Bonchev–Trinajstić information content (AvgIpc) is 3.02. The molecule has 0 aliphatic rings. The van der Waals surface area contributed by atoms with Gasteiger partial charge in [0.05, 0.1) is 16.8 Å². The minimum absolute atomic E-state index is 0.0759. The SMILES string of the molecule is CN(CCC(=O)Nc1ccc(C(N)=O)cc1)Cc1nc2ccccc2s1. The smallest absolute Gasteiger partial charge is 0.248 e. The molecule has 3 rings (SSSR count). The minimum atomic E-state index is -0.487. The van der Waals surface area contributed by atoms with Gasteiger partial charge in [-0.3, -0.25) is 14.5 Å². The number of nitrogens with one attached hydrogen (secondary N) is 1. The van der Waals surface area contributed by atoms with E-state index in [0.29, 0.717) is 30.8 Å². The summed E-state index contributed by atoms with van der Waals surface area (Å²) in [7, 11) is 1.97. The van der Waals surface area contributed by atoms with Crippen molar-refractivity contribution in [1.29, 1.82) is 0 Å². The van der Waals surface area contributed by atoms with Gasteiger partial charge in [-0.25, -0.2) is 4.98 Å². The Hall–Kier alpha value is -2.77. The Balaban J connectivity index is 1.48. The Kier molecular flexibility index (Phi) is 5.60. The van der Waals surface area contributed by atoms with Crippen molar-refractivity contribution in [3.05, 3.63) is 59.1 Å². The second-order valence-corrected chi connectivity index (χ2v) is 7.17. The number of aromatic nitrogens is 1. The van der Waals surface area contributed by atoms with Crippen molar-refractivity contribution < 1.29 is 9.59 Å². The van der Waals surface area contributed by atoms with Crippen LogP contribution in [0.1, 0.15) is 21.8 Å². The van der Waals surface area contributed by atoms with Crippen molar-refractivity contribution in [3.8, 4) is 0 Å². The first-order valence-corrected chi connectivity index (χ1v) is 9.05. The first-order valence-electron chi connectivity index (χ1n) is 8.24. The number of rotatable bonds is 7. The van der Waals surface area contributed by atoms with Crippen molar-refractivity contribution in [2.45, 2.75) is 13.0 Å². The Bertz CT molecular complexity index is 888. The predicted octanol–water partition coefficient (Wildman–Crippen LogP) is 2.86. The first kappa shape index (κ1) is 18.0. The second-order valence-electron chi connectivity index (χ2n) is 6.05. The predicted molar refractivity (Wildman–Crippen MR) is 104 cm³/mol. The summed E-state index contributed by atoms with van der Waals surface area (Å²) >= 11 is 1.68. The largest absolute Gasteiger partial charge is 0.366 e. The number of nitrogens with zero attached hydrogens (tertiary/aromatic N) is 2. The van der Waals surface area contributed by atoms with Crippen LogP contribution in [0.5, 0.6) is 0 Å². The Morgan fingerprint density at radius 1 is 1.15 bits per heavy atom. The van der Waals surface area contributed by atoms with Gasteiger partial charge in [0.15, 0.2) is 0 Å². The number of amides is 2. The van der Waals surface area contributed by atoms with Crippen LogP contribution in [-0.2, 0) is 11.3 Å². The Labute approximate surface area is 155 Å². The molecule has 134 valence electrons. The highest BCUT2D eigenvalue weighted by Crippen LogP contribution is 2.22. The minimum Gasteiger partial charge on any atom is -0.366 e. The van der Waals surface area contributed by atoms with Gasteiger partial charge in [0.25, 0.3) is 0 Å². The van der Waals surface area contributed by atoms with Gasteiger partial charge >= 0.3 is 0 Å². The molecule has 1 heterocycles. The number of carbonyl (C=O) groups excluding carboxylic acids is 2. The summed E-state index contributed by atoms with van der Waals surface area (Å²) in [4.78, 5) is 29.8. The fourth-order valence-electron chi connectivity index (χ4n) is 2.53. The van der Waals surface area contributed by atoms with Crippen LogP contribution in [0.15, 0.2) is 48.5 Å². The van der Waals surface area contributed by atoms with Gasteiger partial charge in [0.2, 0.25) is 11.8 Å². The van der Waals surface area contributed by atoms with Gasteiger partial charge in [0, 0.05) is 24.2 Å². The lowest BCUT2D eigenvalue weighted by molar-refractivity contribution is -0.116. The topological polar surface area (TPSA) is 88.3 Å². The van der Waals surface area contributed by atoms with Crippen molar-refractivity contribution in [2.24, 2.45) is 5.73 Å². The molecule has 0 radical (unpaired) electrons. The maximum atomic E-state index is 12.1. The van der Waals surface area contributed by atoms with E-state index in [9.17, 15) is 9.59 Å². The number of anilines is 1. The van der Waals surface area contributed by atoms with E-state index in [2.05, 4.69) is 21.3 Å². The van der Waals surface area contributed by atoms with Crippen LogP contribution in [0.4, 0.5) is 5.69 Å². The summed E-state index contributed by atoms with van der Waals surface area (Å²) in [5, 5.41) is 3.86. The molecule has 0 aliphatic carbocycles. The summed E-state index contributed by atoms with van der Waals surface area (Å²) in [5.41, 5.74) is 7.27. The molecule has 3 aromatic rings. The molecule has 2 aromatic carbocycles. The highest BCUT2D eigenvalue weighted by molar-refractivity contribution is 7.18. The van der Waals surface area contributed by atoms with E-state index in [4.69, 9.17) is 5.73 Å². The molecule has 0 aliphatic heterocycles. The van der Waals surface area contributed by atoms with Crippen LogP contribution in [0, 0.1) is 0 Å². The maximum Gasteiger partial charge on any atom is 0.248 e. The van der Waals surface area contributed by atoms with E-state index in [1.807, 2.05) is 25.2 Å². The lowest BCUT2D eigenvalue weighted by atomic mass is 10.2. The highest BCUT2D eigenvalue weighted by atomic mass is 32.1. The van der Waals surface area contributed by atoms with E-state index < -0.39 is 5.91 Å². The molecule has 0 spiro atoms. The van der Waals surface area contributed by atoms with Crippen molar-refractivity contribution in [1.82, 2.24) is 9.88 Å². The summed E-state index contributed by atoms with van der Waals surface area (Å²) < 4.78 is 1.17. The van der Waals surface area contributed by atoms with Crippen LogP contribution in [0.3, 0.4) is 0 Å². The third-order valence-corrected chi connectivity index (χ3v) is 4.94. The molecule has 2 amide bonds. The summed E-state index contributed by atoms with van der Waals surface area (Å²) in [6, 6.07) is 14.6. The number of thiazole rings is 1. The normalized spacial score (nSPS) is 11.0. The molecule has 1 aromatic heterocycles. The van der Waals surface area contributed by atoms with Crippen LogP contribution in [-0.4, -0.2) is 35.3 Å². The number of hydrogen-bond acceptors (Lipinski definition) is 5. The molecule has 0 atom stereocenters. The standard InChI is InChI=1S/C19H20N4O2S/c1-23(12-18-22-15-4-2-3-5-16(15)26-18)11-10-17(24)21-14-8-6-13(7-9-14)19(20)25/h2-9H,10-12H2,1H3,(H2,20,25)(H,21,24). The molecule has 7 heteroatoms. The Morgan fingerprint density at radius 2 is 1.88 bits per heavy atom. The van der Waals surface area contributed by atoms with Crippen LogP contribution >= 0.6 is 11.3 Å². The van der Waals surface area contributed by atoms with Crippen LogP contribution in [0.2, 0.25) is 0 Å². The van der Waals surface area contributed by atoms with Gasteiger partial charge in [-0.1, -0.05) is 12.1 Å². The molecule has 6 nitrogen and oxygen atoms in total. The zero-order valence-electron chi connectivity index (χ0n) is 14.4. The van der Waals surface area contributed by atoms with Crippen molar-refractivity contribution in [2.75, 3.05) is 18.9 Å². The zero-order valence-corrected chi connectivity index (χ0v) is 15.3. The quantitative estimate of drug-likeness (QED) is 0.671. The lowest BCUT2D eigenvalue weighted by Gasteiger charge is -2.14. The lowest BCUT2D eigenvalue weighted by Crippen LogP contribution is -2.24. The molecule has 0 bridgehead atoms. The number of para-hydroxylation sites is 1. The number of nitrogens with two attached hydrogens (primary N) is 1. The first-order chi connectivity index (χ1) is 12.5. The van der Waals surface area contributed by atoms with E-state index in [1.54, 1.807) is 35.6 Å². The summed E-state index contributed by atoms with van der Waals surface area (Å²) in [6.45, 7) is 1.33. The van der Waals surface area contributed by atoms with Gasteiger partial charge < -0.3 is 11.1 Å². The second kappa shape index (κ2) is 8.07. The molecule has 3 N–H and O–H groups in total. The van der Waals surface area contributed by atoms with E-state index in [1.165, 1.54) is 4.70 Å². The fourth-order valence-corrected chi connectivity index (χ4v) is 3.58. The average molecular weight is 368 g/mol. The molecule has 0 fully saturated rings. The van der Waals surface area contributed by atoms with Crippen LogP contribution < -0.4 is 11.1 Å². The van der Waals surface area contributed by atoms with Crippen LogP contribution in [0.25, 0.3) is 10.2 Å². The fraction of sp³-hybridized carbons (Fsp3) is 0.211. The number of fused-ring (bicyclic) bond motifs is 1. The maximum absolute atomic E-state index is 12.1. The molecular formula is C19H20N4O2S. The monoisotopic (exact) mass is 368 g/mol. The Morgan fingerprint density at radius 3 is 2.58 bits per heavy atom. The number of benzene rings is 2. The molecular weight excluding hydrogens is 348 g/mol. The van der Waals surface area contributed by atoms with E-state index in [-0.39, 0.29) is 5.91 Å². The van der Waals surface area contributed by atoms with Gasteiger partial charge in [0.1, 0.15) is 5.01 Å². The molecule has 0 saturated heterocycles. The van der Waals surface area contributed by atoms with Gasteiger partial charge in [-0.05, 0) is 43.4 Å². The summed E-state index contributed by atoms with van der Waals surface area (Å²) in [5.74, 6) is -0.563. The molecule has 0 saturated carbocycles. The molecule has 26 heavy (non-hydrogen) atoms. The number of hydrogen-bond donors (Lipinski definition) is 2. The zero-order chi connectivity index (χ0) is 18.5. The number of carbonyl (C=O) groups is 2. The molecule has 0 unspecified atom stereocenters. The number of primary amides is 1.